The van der Waals surface area contributed by atoms with Crippen LogP contribution in [0, 0.1) is 11.8 Å². The highest BCUT2D eigenvalue weighted by Crippen LogP contribution is 2.25. The largest absolute Gasteiger partial charge is 0.467 e. The number of rotatable bonds is 9. The zero-order valence-electron chi connectivity index (χ0n) is 25.5. The Labute approximate surface area is 248 Å². The van der Waals surface area contributed by atoms with Crippen molar-refractivity contribution in [1.29, 1.82) is 0 Å². The van der Waals surface area contributed by atoms with E-state index in [1.807, 2.05) is 37.8 Å². The van der Waals surface area contributed by atoms with E-state index in [-0.39, 0.29) is 47.2 Å². The van der Waals surface area contributed by atoms with Gasteiger partial charge in [0, 0.05) is 62.3 Å². The van der Waals surface area contributed by atoms with Crippen LogP contribution in [0.3, 0.4) is 0 Å². The molecule has 0 spiro atoms. The van der Waals surface area contributed by atoms with Crippen molar-refractivity contribution >= 4 is 23.7 Å². The van der Waals surface area contributed by atoms with E-state index in [2.05, 4.69) is 34.8 Å². The Hall–Kier alpha value is -3.67. The summed E-state index contributed by atoms with van der Waals surface area (Å²) in [5, 5.41) is 9.86. The van der Waals surface area contributed by atoms with Crippen molar-refractivity contribution < 1.29 is 18.8 Å². The van der Waals surface area contributed by atoms with Gasteiger partial charge in [-0.3, -0.25) is 9.59 Å². The van der Waals surface area contributed by atoms with Crippen LogP contribution >= 0.6 is 0 Å². The van der Waals surface area contributed by atoms with Gasteiger partial charge in [-0.25, -0.2) is 14.8 Å². The molecule has 230 valence electrons. The minimum absolute atomic E-state index is 0.139. The molecule has 2 atom stereocenters. The molecule has 0 saturated carbocycles. The Morgan fingerprint density at radius 1 is 1.21 bits per heavy atom. The van der Waals surface area contributed by atoms with E-state index in [0.717, 1.165) is 5.76 Å². The van der Waals surface area contributed by atoms with Crippen molar-refractivity contribution in [1.82, 2.24) is 30.4 Å². The van der Waals surface area contributed by atoms with Crippen LogP contribution in [0.4, 0.5) is 10.6 Å². The Morgan fingerprint density at radius 2 is 1.95 bits per heavy atom. The van der Waals surface area contributed by atoms with E-state index in [1.54, 1.807) is 17.4 Å². The number of carbonyl (C=O) groups is 3. The molecule has 0 aromatic carbocycles. The molecule has 42 heavy (non-hydrogen) atoms. The fraction of sp³-hybridized carbons (Fsp3) is 0.633. The molecule has 4 rings (SSSR count). The van der Waals surface area contributed by atoms with Crippen LogP contribution in [0.2, 0.25) is 0 Å². The van der Waals surface area contributed by atoms with Gasteiger partial charge in [0.05, 0.1) is 12.8 Å². The van der Waals surface area contributed by atoms with Gasteiger partial charge < -0.3 is 35.9 Å². The third-order valence-electron chi connectivity index (χ3n) is 7.80. The fourth-order valence-corrected chi connectivity index (χ4v) is 5.46. The standard InChI is InChI=1S/C30H46N8O4/c1-19(2)18-38(22-13-21(14-32-15-22)35-29(41)37-10-8-20(9-11-37)25(31)39)27(40)24-17-34-28(30(3,4)5)36-26(24)33-16-23-7-6-12-42-23/h6-7,12,17,19-22,32H,8-11,13-16,18H2,1-5H3,(H2,31,39)(H,35,41)(H,33,34,36). The molecule has 2 aromatic heterocycles. The molecule has 2 fully saturated rings. The van der Waals surface area contributed by atoms with Gasteiger partial charge >= 0.3 is 6.03 Å². The zero-order chi connectivity index (χ0) is 30.4. The summed E-state index contributed by atoms with van der Waals surface area (Å²) in [6, 6.07) is 3.25. The van der Waals surface area contributed by atoms with Crippen molar-refractivity contribution in [3.63, 3.8) is 0 Å². The number of primary amides is 1. The normalized spacial score (nSPS) is 19.9. The highest BCUT2D eigenvalue weighted by molar-refractivity contribution is 5.98. The highest BCUT2D eigenvalue weighted by Gasteiger charge is 2.34. The molecule has 5 N–H and O–H groups in total. The number of hydrogen-bond acceptors (Lipinski definition) is 8. The average molecular weight is 583 g/mol. The molecule has 12 heteroatoms. The van der Waals surface area contributed by atoms with Gasteiger partial charge in [0.15, 0.2) is 0 Å². The molecule has 2 aliphatic heterocycles. The van der Waals surface area contributed by atoms with Gasteiger partial charge in [-0.1, -0.05) is 34.6 Å². The first-order chi connectivity index (χ1) is 19.9. The van der Waals surface area contributed by atoms with E-state index in [4.69, 9.17) is 15.1 Å². The summed E-state index contributed by atoms with van der Waals surface area (Å²) in [7, 11) is 0. The molecule has 0 bridgehead atoms. The molecule has 0 radical (unpaired) electrons. The molecular weight excluding hydrogens is 536 g/mol. The molecule has 4 heterocycles. The maximum absolute atomic E-state index is 14.2. The van der Waals surface area contributed by atoms with Crippen LogP contribution in [-0.2, 0) is 16.8 Å². The predicted octanol–water partition coefficient (Wildman–Crippen LogP) is 2.71. The minimum atomic E-state index is -0.304. The number of furan rings is 1. The number of piperidine rings is 2. The second-order valence-electron chi connectivity index (χ2n) is 12.8. The van der Waals surface area contributed by atoms with E-state index < -0.39 is 0 Å². The van der Waals surface area contributed by atoms with Gasteiger partial charge in [-0.15, -0.1) is 0 Å². The lowest BCUT2D eigenvalue weighted by molar-refractivity contribution is -0.123. The van der Waals surface area contributed by atoms with Crippen LogP contribution < -0.4 is 21.7 Å². The van der Waals surface area contributed by atoms with Crippen LogP contribution in [0.15, 0.2) is 29.0 Å². The Balaban J connectivity index is 1.50. The quantitative estimate of drug-likeness (QED) is 0.351. The van der Waals surface area contributed by atoms with E-state index in [1.165, 1.54) is 0 Å². The molecule has 4 amide bonds. The second-order valence-corrected chi connectivity index (χ2v) is 12.8. The highest BCUT2D eigenvalue weighted by atomic mass is 16.3. The second kappa shape index (κ2) is 13.5. The third-order valence-corrected chi connectivity index (χ3v) is 7.80. The lowest BCUT2D eigenvalue weighted by atomic mass is 9.95. The molecule has 0 aliphatic carbocycles. The number of anilines is 1. The Bertz CT molecular complexity index is 1220. The zero-order valence-corrected chi connectivity index (χ0v) is 25.5. The van der Waals surface area contributed by atoms with Crippen LogP contribution in [0.25, 0.3) is 0 Å². The van der Waals surface area contributed by atoms with Gasteiger partial charge in [0.25, 0.3) is 5.91 Å². The summed E-state index contributed by atoms with van der Waals surface area (Å²) in [6.45, 7) is 13.4. The molecular formula is C30H46N8O4. The molecule has 12 nitrogen and oxygen atoms in total. The lowest BCUT2D eigenvalue weighted by Gasteiger charge is -2.40. The number of amides is 4. The smallest absolute Gasteiger partial charge is 0.317 e. The first-order valence-electron chi connectivity index (χ1n) is 14.9. The van der Waals surface area contributed by atoms with Crippen molar-refractivity contribution in [3.8, 4) is 0 Å². The fourth-order valence-electron chi connectivity index (χ4n) is 5.46. The van der Waals surface area contributed by atoms with Crippen LogP contribution in [0.1, 0.15) is 75.8 Å². The first-order valence-corrected chi connectivity index (χ1v) is 14.9. The van der Waals surface area contributed by atoms with Gasteiger partial charge in [0.1, 0.15) is 23.0 Å². The number of carbonyl (C=O) groups excluding carboxylic acids is 3. The molecule has 2 aromatic rings. The number of nitrogens with zero attached hydrogens (tertiary/aromatic N) is 4. The summed E-state index contributed by atoms with van der Waals surface area (Å²) in [5.74, 6) is 1.43. The minimum Gasteiger partial charge on any atom is -0.467 e. The van der Waals surface area contributed by atoms with E-state index in [0.29, 0.717) is 75.7 Å². The van der Waals surface area contributed by atoms with E-state index >= 15 is 0 Å². The monoisotopic (exact) mass is 582 g/mol. The van der Waals surface area contributed by atoms with Crippen molar-refractivity contribution in [3.05, 3.63) is 41.7 Å². The van der Waals surface area contributed by atoms with Gasteiger partial charge in [0.2, 0.25) is 5.91 Å². The topological polar surface area (TPSA) is 159 Å². The summed E-state index contributed by atoms with van der Waals surface area (Å²) < 4.78 is 5.48. The van der Waals surface area contributed by atoms with Crippen molar-refractivity contribution in [2.24, 2.45) is 17.6 Å². The average Bonchev–Trinajstić information content (AvgIpc) is 3.48. The number of nitrogens with one attached hydrogen (secondary N) is 3. The number of nitrogens with two attached hydrogens (primary N) is 1. The summed E-state index contributed by atoms with van der Waals surface area (Å²) >= 11 is 0. The summed E-state index contributed by atoms with van der Waals surface area (Å²) in [5.41, 5.74) is 5.55. The summed E-state index contributed by atoms with van der Waals surface area (Å²) in [6.07, 6.45) is 5.01. The van der Waals surface area contributed by atoms with Gasteiger partial charge in [-0.2, -0.15) is 0 Å². The Morgan fingerprint density at radius 3 is 2.57 bits per heavy atom. The van der Waals surface area contributed by atoms with Crippen LogP contribution in [-0.4, -0.2) is 82.4 Å². The SMILES string of the molecule is CC(C)CN(C(=O)c1cnc(C(C)(C)C)nc1NCc1ccco1)C1CNCC(NC(=O)N2CCC(C(N)=O)CC2)C1. The number of hydrogen-bond donors (Lipinski definition) is 4. The lowest BCUT2D eigenvalue weighted by Crippen LogP contribution is -2.59. The van der Waals surface area contributed by atoms with Crippen LogP contribution in [0.5, 0.6) is 0 Å². The first kappa shape index (κ1) is 31.3. The third kappa shape index (κ3) is 7.99. The number of likely N-dealkylation sites (tertiary alicyclic amines) is 1. The Kier molecular flexibility index (Phi) is 10.1. The molecule has 2 aliphatic rings. The maximum Gasteiger partial charge on any atom is 0.317 e. The van der Waals surface area contributed by atoms with Crippen molar-refractivity contribution in [2.75, 3.05) is 38.0 Å². The van der Waals surface area contributed by atoms with Crippen molar-refractivity contribution in [2.45, 2.75) is 77.9 Å². The number of urea groups is 1. The summed E-state index contributed by atoms with van der Waals surface area (Å²) in [4.78, 5) is 51.7. The van der Waals surface area contributed by atoms with Gasteiger partial charge in [-0.05, 0) is 37.3 Å². The molecule has 2 unspecified atom stereocenters. The molecule has 2 saturated heterocycles. The maximum atomic E-state index is 14.2. The predicted molar refractivity (Wildman–Crippen MR) is 160 cm³/mol. The van der Waals surface area contributed by atoms with E-state index in [9.17, 15) is 14.4 Å². The number of aromatic nitrogens is 2.